The summed E-state index contributed by atoms with van der Waals surface area (Å²) >= 11 is 0. The maximum Gasteiger partial charge on any atom is 0.156 e. The van der Waals surface area contributed by atoms with E-state index in [1.807, 2.05) is 6.08 Å². The average molecular weight is 443 g/mol. The number of terminal acetylenes is 1. The van der Waals surface area contributed by atoms with E-state index in [1.54, 1.807) is 0 Å². The van der Waals surface area contributed by atoms with Gasteiger partial charge < -0.3 is 10.2 Å². The van der Waals surface area contributed by atoms with Crippen LogP contribution < -0.4 is 0 Å². The molecule has 0 radical (unpaired) electrons. The fourth-order valence-corrected chi connectivity index (χ4v) is 8.00. The third kappa shape index (κ3) is 3.07. The van der Waals surface area contributed by atoms with Gasteiger partial charge >= 0.3 is 0 Å². The van der Waals surface area contributed by atoms with Gasteiger partial charge in [0.25, 0.3) is 0 Å². The number of benzene rings is 1. The highest BCUT2D eigenvalue weighted by Gasteiger charge is 2.65. The predicted octanol–water partition coefficient (Wildman–Crippen LogP) is 5.19. The zero-order valence-corrected chi connectivity index (χ0v) is 19.5. The van der Waals surface area contributed by atoms with Gasteiger partial charge in [-0.15, -0.1) is 6.42 Å². The lowest BCUT2D eigenvalue weighted by molar-refractivity contribution is -0.142. The summed E-state index contributed by atoms with van der Waals surface area (Å²) < 4.78 is 0. The van der Waals surface area contributed by atoms with E-state index in [1.165, 1.54) is 40.7 Å². The molecular weight excluding hydrogens is 408 g/mol. The topological polar surface area (TPSA) is 57.5 Å². The molecule has 6 rings (SSSR count). The van der Waals surface area contributed by atoms with Crippen LogP contribution in [0, 0.1) is 29.6 Å². The number of fused-ring (bicyclic) bond motifs is 4. The van der Waals surface area contributed by atoms with E-state index in [2.05, 4.69) is 37.1 Å². The first kappa shape index (κ1) is 21.4. The number of carbonyl (C=O) groups excluding carboxylic acids is 1. The average Bonchev–Trinajstić information content (AvgIpc) is 3.63. The molecule has 0 aliphatic heterocycles. The molecule has 0 heterocycles. The molecule has 0 spiro atoms. The van der Waals surface area contributed by atoms with Crippen LogP contribution in [0.1, 0.15) is 87.7 Å². The predicted molar refractivity (Wildman–Crippen MR) is 128 cm³/mol. The Balaban J connectivity index is 1.49. The Kier molecular flexibility index (Phi) is 4.81. The molecular formula is C30H34O3. The fraction of sp³-hybridized carbons (Fsp3) is 0.567. The Hall–Kier alpha value is -2.15. The van der Waals surface area contributed by atoms with E-state index < -0.39 is 17.1 Å². The van der Waals surface area contributed by atoms with Crippen LogP contribution in [0.2, 0.25) is 0 Å². The van der Waals surface area contributed by atoms with Crippen LogP contribution in [-0.2, 0) is 4.79 Å². The molecule has 3 heteroatoms. The molecule has 1 aromatic carbocycles. The van der Waals surface area contributed by atoms with Crippen LogP contribution in [0.25, 0.3) is 0 Å². The van der Waals surface area contributed by atoms with E-state index >= 15 is 0 Å². The van der Waals surface area contributed by atoms with Gasteiger partial charge in [-0.2, -0.15) is 0 Å². The van der Waals surface area contributed by atoms with Gasteiger partial charge in [0, 0.05) is 17.8 Å². The number of rotatable bonds is 3. The van der Waals surface area contributed by atoms with Crippen LogP contribution in [0.15, 0.2) is 47.1 Å². The molecule has 3 saturated carbocycles. The Labute approximate surface area is 197 Å². The quantitative estimate of drug-likeness (QED) is 0.634. The zero-order valence-electron chi connectivity index (χ0n) is 19.5. The number of aliphatic hydroxyl groups is 2. The fourth-order valence-electron chi connectivity index (χ4n) is 8.00. The maximum atomic E-state index is 12.2. The second-order valence-corrected chi connectivity index (χ2v) is 11.5. The van der Waals surface area contributed by atoms with Gasteiger partial charge in [0.2, 0.25) is 0 Å². The summed E-state index contributed by atoms with van der Waals surface area (Å²) in [6.45, 7) is 2.17. The number of hydrogen-bond acceptors (Lipinski definition) is 3. The summed E-state index contributed by atoms with van der Waals surface area (Å²) in [6, 6.07) is 9.18. The SMILES string of the molecule is C#CC(O)[C@]1(O)CC[C@H]2[C@@H]3CCC4=CC(=O)CCC4=C3[C@@H](c3ccc(C4CC4)cc3)C[C@@]21C. The number of allylic oxidation sites excluding steroid dienone is 4. The highest BCUT2D eigenvalue weighted by molar-refractivity contribution is 5.93. The number of aliphatic hydroxyl groups excluding tert-OH is 1. The Morgan fingerprint density at radius 3 is 2.48 bits per heavy atom. The molecule has 5 aliphatic rings. The van der Waals surface area contributed by atoms with E-state index in [-0.39, 0.29) is 11.7 Å². The molecule has 0 bridgehead atoms. The lowest BCUT2D eigenvalue weighted by Crippen LogP contribution is -2.56. The van der Waals surface area contributed by atoms with Crippen molar-refractivity contribution in [2.24, 2.45) is 17.3 Å². The number of carbonyl (C=O) groups is 1. The minimum absolute atomic E-state index is 0.186. The largest absolute Gasteiger partial charge is 0.386 e. The van der Waals surface area contributed by atoms with Gasteiger partial charge in [-0.3, -0.25) is 4.79 Å². The Morgan fingerprint density at radius 1 is 1.06 bits per heavy atom. The third-order valence-corrected chi connectivity index (χ3v) is 9.95. The standard InChI is InChI=1S/C30H34O3/c1-3-27(32)30(33)15-14-26-24-12-10-21-16-22(31)11-13-23(21)28(24)25(17-29(26,30)2)20-8-6-19(7-9-20)18-4-5-18/h1,6-9,16,18,24-27,32-33H,4-5,10-15,17H2,2H3/t24-,25+,26-,27?,29-,30+/m0/s1. The molecule has 33 heavy (non-hydrogen) atoms. The number of ketones is 1. The molecule has 2 N–H and O–H groups in total. The molecule has 3 nitrogen and oxygen atoms in total. The summed E-state index contributed by atoms with van der Waals surface area (Å²) in [5.41, 5.74) is 5.21. The van der Waals surface area contributed by atoms with Crippen molar-refractivity contribution >= 4 is 5.78 Å². The monoisotopic (exact) mass is 442 g/mol. The first-order chi connectivity index (χ1) is 15.9. The van der Waals surface area contributed by atoms with Crippen LogP contribution in [0.4, 0.5) is 0 Å². The number of hydrogen-bond donors (Lipinski definition) is 2. The van der Waals surface area contributed by atoms with Gasteiger partial charge in [-0.25, -0.2) is 0 Å². The third-order valence-electron chi connectivity index (χ3n) is 9.95. The molecule has 0 saturated heterocycles. The van der Waals surface area contributed by atoms with E-state index in [0.29, 0.717) is 24.7 Å². The first-order valence-electron chi connectivity index (χ1n) is 12.8. The second kappa shape index (κ2) is 7.42. The van der Waals surface area contributed by atoms with E-state index in [0.717, 1.165) is 38.0 Å². The summed E-state index contributed by atoms with van der Waals surface area (Å²) in [5.74, 6) is 4.29. The van der Waals surface area contributed by atoms with Crippen molar-refractivity contribution in [1.82, 2.24) is 0 Å². The zero-order chi connectivity index (χ0) is 23.0. The van der Waals surface area contributed by atoms with Crippen molar-refractivity contribution in [2.75, 3.05) is 0 Å². The second-order valence-electron chi connectivity index (χ2n) is 11.5. The summed E-state index contributed by atoms with van der Waals surface area (Å²) in [4.78, 5) is 12.2. The molecule has 3 fully saturated rings. The van der Waals surface area contributed by atoms with Crippen molar-refractivity contribution < 1.29 is 15.0 Å². The van der Waals surface area contributed by atoms with Gasteiger partial charge in [-0.05, 0) is 97.5 Å². The van der Waals surface area contributed by atoms with Crippen LogP contribution >= 0.6 is 0 Å². The first-order valence-corrected chi connectivity index (χ1v) is 12.8. The van der Waals surface area contributed by atoms with E-state index in [4.69, 9.17) is 6.42 Å². The lowest BCUT2D eigenvalue weighted by Gasteiger charge is -2.55. The van der Waals surface area contributed by atoms with Gasteiger partial charge in [-0.1, -0.05) is 42.7 Å². The molecule has 0 aromatic heterocycles. The van der Waals surface area contributed by atoms with Crippen molar-refractivity contribution in [2.45, 2.75) is 88.3 Å². The molecule has 1 aromatic rings. The van der Waals surface area contributed by atoms with E-state index in [9.17, 15) is 15.0 Å². The molecule has 1 unspecified atom stereocenters. The van der Waals surface area contributed by atoms with Crippen molar-refractivity contribution in [3.05, 3.63) is 58.2 Å². The molecule has 6 atom stereocenters. The lowest BCUT2D eigenvalue weighted by atomic mass is 9.50. The highest BCUT2D eigenvalue weighted by Crippen LogP contribution is 2.67. The van der Waals surface area contributed by atoms with Crippen molar-refractivity contribution in [1.29, 1.82) is 0 Å². The Morgan fingerprint density at radius 2 is 1.79 bits per heavy atom. The molecule has 5 aliphatic carbocycles. The summed E-state index contributed by atoms with van der Waals surface area (Å²) in [6.07, 6.45) is 14.6. The Bertz CT molecular complexity index is 1100. The smallest absolute Gasteiger partial charge is 0.156 e. The van der Waals surface area contributed by atoms with Crippen LogP contribution in [0.5, 0.6) is 0 Å². The summed E-state index contributed by atoms with van der Waals surface area (Å²) in [7, 11) is 0. The minimum Gasteiger partial charge on any atom is -0.386 e. The minimum atomic E-state index is -1.26. The van der Waals surface area contributed by atoms with Crippen LogP contribution in [-0.4, -0.2) is 27.7 Å². The van der Waals surface area contributed by atoms with Crippen LogP contribution in [0.3, 0.4) is 0 Å². The highest BCUT2D eigenvalue weighted by atomic mass is 16.3. The van der Waals surface area contributed by atoms with Crippen molar-refractivity contribution in [3.63, 3.8) is 0 Å². The normalized spacial score (nSPS) is 38.7. The van der Waals surface area contributed by atoms with Gasteiger partial charge in [0.1, 0.15) is 11.7 Å². The molecule has 172 valence electrons. The van der Waals surface area contributed by atoms with Gasteiger partial charge in [0.05, 0.1) is 0 Å². The van der Waals surface area contributed by atoms with Gasteiger partial charge in [0.15, 0.2) is 5.78 Å². The molecule has 0 amide bonds. The summed E-state index contributed by atoms with van der Waals surface area (Å²) in [5, 5.41) is 22.5. The van der Waals surface area contributed by atoms with Crippen molar-refractivity contribution in [3.8, 4) is 12.3 Å². The maximum absolute atomic E-state index is 12.2.